The van der Waals surface area contributed by atoms with Crippen LogP contribution in [0.5, 0.6) is 0 Å². The van der Waals surface area contributed by atoms with Crippen LogP contribution in [0.1, 0.15) is 18.1 Å². The van der Waals surface area contributed by atoms with Crippen LogP contribution in [0, 0.1) is 23.3 Å². The van der Waals surface area contributed by atoms with Crippen molar-refractivity contribution >= 4 is 5.91 Å². The average Bonchev–Trinajstić information content (AvgIpc) is 2.48. The first-order valence-corrected chi connectivity index (χ1v) is 7.07. The monoisotopic (exact) mass is 341 g/mol. The Hall–Kier alpha value is -2.41. The molecule has 0 aromatic heterocycles. The first-order chi connectivity index (χ1) is 11.2. The highest BCUT2D eigenvalue weighted by molar-refractivity contribution is 5.78. The van der Waals surface area contributed by atoms with E-state index in [4.69, 9.17) is 0 Å². The van der Waals surface area contributed by atoms with Crippen molar-refractivity contribution in [2.45, 2.75) is 18.9 Å². The van der Waals surface area contributed by atoms with Crippen molar-refractivity contribution in [3.63, 3.8) is 0 Å². The molecule has 2 aromatic rings. The highest BCUT2D eigenvalue weighted by atomic mass is 19.1. The lowest BCUT2D eigenvalue weighted by Gasteiger charge is -2.24. The molecule has 24 heavy (non-hydrogen) atoms. The summed E-state index contributed by atoms with van der Waals surface area (Å²) in [6.45, 7) is 0.888. The molecule has 2 aromatic carbocycles. The minimum atomic E-state index is -1.78. The van der Waals surface area contributed by atoms with Gasteiger partial charge in [-0.15, -0.1) is 0 Å². The van der Waals surface area contributed by atoms with Crippen molar-refractivity contribution < 1.29 is 27.5 Å². The van der Waals surface area contributed by atoms with Crippen LogP contribution >= 0.6 is 0 Å². The zero-order valence-corrected chi connectivity index (χ0v) is 12.7. The van der Waals surface area contributed by atoms with Gasteiger partial charge < -0.3 is 10.4 Å². The largest absolute Gasteiger partial charge is 0.383 e. The van der Waals surface area contributed by atoms with E-state index >= 15 is 0 Å². The molecule has 7 heteroatoms. The molecule has 0 bridgehead atoms. The molecular weight excluding hydrogens is 326 g/mol. The second kappa shape index (κ2) is 7.00. The normalized spacial score (nSPS) is 13.4. The van der Waals surface area contributed by atoms with E-state index in [0.717, 1.165) is 24.3 Å². The van der Waals surface area contributed by atoms with Crippen LogP contribution in [0.25, 0.3) is 0 Å². The number of rotatable bonds is 5. The zero-order chi connectivity index (χ0) is 17.9. The van der Waals surface area contributed by atoms with Crippen LogP contribution in [-0.4, -0.2) is 17.6 Å². The molecule has 1 amide bonds. The topological polar surface area (TPSA) is 49.3 Å². The Labute approximate surface area is 135 Å². The molecule has 0 aliphatic heterocycles. The molecule has 0 aliphatic rings. The quantitative estimate of drug-likeness (QED) is 0.822. The number of aliphatic hydroxyl groups is 1. The molecule has 0 spiro atoms. The molecule has 1 atom stereocenters. The summed E-state index contributed by atoms with van der Waals surface area (Å²) >= 11 is 0. The molecular formula is C17H15F4NO2. The van der Waals surface area contributed by atoms with Gasteiger partial charge in [0, 0.05) is 17.7 Å². The maximum atomic E-state index is 13.7. The first kappa shape index (κ1) is 17.9. The van der Waals surface area contributed by atoms with Crippen molar-refractivity contribution in [3.8, 4) is 0 Å². The van der Waals surface area contributed by atoms with Crippen molar-refractivity contribution in [3.05, 3.63) is 70.8 Å². The van der Waals surface area contributed by atoms with Crippen molar-refractivity contribution in [2.75, 3.05) is 6.54 Å². The van der Waals surface area contributed by atoms with E-state index in [0.29, 0.717) is 12.1 Å². The van der Waals surface area contributed by atoms with Gasteiger partial charge in [0.05, 0.1) is 13.0 Å². The standard InChI is InChI=1S/C17H15F4NO2/c1-17(24,13-5-4-12(19)8-15(13)21)9-22-16(23)6-10-2-3-11(18)7-14(10)20/h2-5,7-8,24H,6,9H2,1H3,(H,22,23). The van der Waals surface area contributed by atoms with E-state index in [9.17, 15) is 27.5 Å². The Balaban J connectivity index is 2.02. The number of hydrogen-bond acceptors (Lipinski definition) is 2. The fourth-order valence-corrected chi connectivity index (χ4v) is 2.19. The molecule has 2 rings (SSSR count). The fourth-order valence-electron chi connectivity index (χ4n) is 2.19. The predicted molar refractivity (Wildman–Crippen MR) is 79.0 cm³/mol. The third-order valence-electron chi connectivity index (χ3n) is 3.51. The molecule has 128 valence electrons. The number of carbonyl (C=O) groups is 1. The number of nitrogens with one attached hydrogen (secondary N) is 1. The maximum Gasteiger partial charge on any atom is 0.224 e. The summed E-state index contributed by atoms with van der Waals surface area (Å²) in [5.41, 5.74) is -1.98. The van der Waals surface area contributed by atoms with Crippen molar-refractivity contribution in [2.24, 2.45) is 0 Å². The third-order valence-corrected chi connectivity index (χ3v) is 3.51. The minimum Gasteiger partial charge on any atom is -0.383 e. The highest BCUT2D eigenvalue weighted by Gasteiger charge is 2.27. The van der Waals surface area contributed by atoms with E-state index in [1.165, 1.54) is 6.92 Å². The summed E-state index contributed by atoms with van der Waals surface area (Å²) in [4.78, 5) is 11.8. The summed E-state index contributed by atoms with van der Waals surface area (Å²) < 4.78 is 52.9. The lowest BCUT2D eigenvalue weighted by molar-refractivity contribution is -0.121. The van der Waals surface area contributed by atoms with E-state index in [1.807, 2.05) is 0 Å². The van der Waals surface area contributed by atoms with Crippen LogP contribution < -0.4 is 5.32 Å². The molecule has 1 unspecified atom stereocenters. The molecule has 0 heterocycles. The van der Waals surface area contributed by atoms with E-state index in [2.05, 4.69) is 5.32 Å². The fraction of sp³-hybridized carbons (Fsp3) is 0.235. The number of hydrogen-bond donors (Lipinski definition) is 2. The zero-order valence-electron chi connectivity index (χ0n) is 12.7. The Kier molecular flexibility index (Phi) is 5.23. The van der Waals surface area contributed by atoms with Crippen molar-refractivity contribution in [1.82, 2.24) is 5.32 Å². The van der Waals surface area contributed by atoms with Gasteiger partial charge in [0.15, 0.2) is 0 Å². The van der Waals surface area contributed by atoms with Crippen LogP contribution in [-0.2, 0) is 16.8 Å². The maximum absolute atomic E-state index is 13.7. The number of carbonyl (C=O) groups excluding carboxylic acids is 1. The summed E-state index contributed by atoms with van der Waals surface area (Å²) in [5, 5.41) is 12.6. The van der Waals surface area contributed by atoms with Gasteiger partial charge in [-0.2, -0.15) is 0 Å². The molecule has 0 aliphatic carbocycles. The summed E-state index contributed by atoms with van der Waals surface area (Å²) in [6, 6.07) is 5.52. The third kappa shape index (κ3) is 4.32. The molecule has 2 N–H and O–H groups in total. The van der Waals surface area contributed by atoms with Crippen LogP contribution in [0.3, 0.4) is 0 Å². The summed E-state index contributed by atoms with van der Waals surface area (Å²) in [7, 11) is 0. The molecule has 0 saturated carbocycles. The molecule has 0 saturated heterocycles. The summed E-state index contributed by atoms with van der Waals surface area (Å²) in [5.74, 6) is -3.99. The smallest absolute Gasteiger partial charge is 0.224 e. The second-order valence-corrected chi connectivity index (χ2v) is 5.59. The van der Waals surface area contributed by atoms with E-state index in [1.54, 1.807) is 0 Å². The van der Waals surface area contributed by atoms with Gasteiger partial charge in [0.25, 0.3) is 0 Å². The number of amides is 1. The Morgan fingerprint density at radius 3 is 2.21 bits per heavy atom. The highest BCUT2D eigenvalue weighted by Crippen LogP contribution is 2.23. The summed E-state index contributed by atoms with van der Waals surface area (Å²) in [6.07, 6.45) is -0.367. The number of benzene rings is 2. The molecule has 3 nitrogen and oxygen atoms in total. The van der Waals surface area contributed by atoms with E-state index < -0.39 is 34.8 Å². The Bertz CT molecular complexity index is 762. The van der Waals surface area contributed by atoms with Gasteiger partial charge >= 0.3 is 0 Å². The first-order valence-electron chi connectivity index (χ1n) is 7.07. The van der Waals surface area contributed by atoms with Gasteiger partial charge in [-0.05, 0) is 24.6 Å². The van der Waals surface area contributed by atoms with Crippen molar-refractivity contribution in [1.29, 1.82) is 0 Å². The second-order valence-electron chi connectivity index (χ2n) is 5.59. The number of halogens is 4. The van der Waals surface area contributed by atoms with Gasteiger partial charge in [0.2, 0.25) is 5.91 Å². The van der Waals surface area contributed by atoms with Gasteiger partial charge in [-0.1, -0.05) is 12.1 Å². The van der Waals surface area contributed by atoms with Gasteiger partial charge in [-0.3, -0.25) is 4.79 Å². The lowest BCUT2D eigenvalue weighted by Crippen LogP contribution is -2.39. The van der Waals surface area contributed by atoms with E-state index in [-0.39, 0.29) is 24.1 Å². The Morgan fingerprint density at radius 1 is 1.04 bits per heavy atom. The molecule has 0 radical (unpaired) electrons. The minimum absolute atomic E-state index is 0.0125. The average molecular weight is 341 g/mol. The Morgan fingerprint density at radius 2 is 1.62 bits per heavy atom. The lowest BCUT2D eigenvalue weighted by atomic mass is 9.95. The molecule has 0 fully saturated rings. The van der Waals surface area contributed by atoms with Gasteiger partial charge in [-0.25, -0.2) is 17.6 Å². The SMILES string of the molecule is CC(O)(CNC(=O)Cc1ccc(F)cc1F)c1ccc(F)cc1F. The van der Waals surface area contributed by atoms with Crippen LogP contribution in [0.15, 0.2) is 36.4 Å². The van der Waals surface area contributed by atoms with Gasteiger partial charge in [0.1, 0.15) is 28.9 Å². The predicted octanol–water partition coefficient (Wildman–Crippen LogP) is 2.81. The van der Waals surface area contributed by atoms with Crippen LogP contribution in [0.4, 0.5) is 17.6 Å². The van der Waals surface area contributed by atoms with Crippen LogP contribution in [0.2, 0.25) is 0 Å².